The summed E-state index contributed by atoms with van der Waals surface area (Å²) in [6, 6.07) is 9.70. The van der Waals surface area contributed by atoms with E-state index < -0.39 is 0 Å². The van der Waals surface area contributed by atoms with E-state index in [1.54, 1.807) is 0 Å². The highest BCUT2D eigenvalue weighted by molar-refractivity contribution is 6.06. The van der Waals surface area contributed by atoms with Crippen LogP contribution in [0.25, 0.3) is 10.9 Å². The molecule has 154 valence electrons. The molecule has 0 atom stereocenters. The van der Waals surface area contributed by atoms with Crippen LogP contribution in [-0.4, -0.2) is 77.3 Å². The molecule has 6 nitrogen and oxygen atoms in total. The van der Waals surface area contributed by atoms with Crippen molar-refractivity contribution in [3.8, 4) is 0 Å². The van der Waals surface area contributed by atoms with E-state index in [0.29, 0.717) is 19.6 Å². The lowest BCUT2D eigenvalue weighted by molar-refractivity contribution is -0.132. The molecular formula is C23H30N4O2. The molecule has 1 aromatic carbocycles. The van der Waals surface area contributed by atoms with Crippen LogP contribution >= 0.6 is 0 Å². The van der Waals surface area contributed by atoms with Gasteiger partial charge in [-0.2, -0.15) is 0 Å². The zero-order chi connectivity index (χ0) is 20.2. The van der Waals surface area contributed by atoms with Crippen molar-refractivity contribution in [2.45, 2.75) is 32.6 Å². The number of rotatable bonds is 3. The predicted octanol–water partition coefficient (Wildman–Crippen LogP) is 2.70. The second kappa shape index (κ2) is 8.91. The van der Waals surface area contributed by atoms with Gasteiger partial charge in [0.05, 0.1) is 17.6 Å². The number of aryl methyl sites for hydroxylation is 1. The molecule has 0 radical (unpaired) electrons. The van der Waals surface area contributed by atoms with Crippen LogP contribution < -0.4 is 0 Å². The molecule has 6 heteroatoms. The lowest BCUT2D eigenvalue weighted by atomic mass is 10.1. The number of piperazine rings is 1. The molecule has 0 N–H and O–H groups in total. The molecule has 0 saturated carbocycles. The Morgan fingerprint density at radius 1 is 0.897 bits per heavy atom. The van der Waals surface area contributed by atoms with Crippen LogP contribution in [0.4, 0.5) is 0 Å². The number of carbonyl (C=O) groups is 2. The maximum absolute atomic E-state index is 13.2. The first-order chi connectivity index (χ1) is 14.1. The standard InChI is InChI=1S/C23H30N4O2/c1-18-16-20(19-8-4-5-9-21(19)24-18)23(29)27-14-12-25(13-15-27)17-22(28)26-10-6-2-3-7-11-26/h4-5,8-9,16H,2-3,6-7,10-15,17H2,1H3. The summed E-state index contributed by atoms with van der Waals surface area (Å²) < 4.78 is 0. The van der Waals surface area contributed by atoms with E-state index in [2.05, 4.69) is 9.88 Å². The van der Waals surface area contributed by atoms with Crippen LogP contribution in [0.2, 0.25) is 0 Å². The Kier molecular flexibility index (Phi) is 6.09. The molecule has 0 unspecified atom stereocenters. The number of amides is 2. The molecule has 2 amide bonds. The average Bonchev–Trinajstić information content (AvgIpc) is 3.03. The summed E-state index contributed by atoms with van der Waals surface area (Å²) in [4.78, 5) is 36.5. The average molecular weight is 395 g/mol. The van der Waals surface area contributed by atoms with Gasteiger partial charge in [0.1, 0.15) is 0 Å². The Bertz CT molecular complexity index is 882. The topological polar surface area (TPSA) is 56.8 Å². The lowest BCUT2D eigenvalue weighted by Crippen LogP contribution is -2.51. The number of aromatic nitrogens is 1. The predicted molar refractivity (Wildman–Crippen MR) is 114 cm³/mol. The first kappa shape index (κ1) is 19.8. The monoisotopic (exact) mass is 394 g/mol. The number of nitrogens with zero attached hydrogens (tertiary/aromatic N) is 4. The molecule has 29 heavy (non-hydrogen) atoms. The van der Waals surface area contributed by atoms with Crippen LogP contribution in [-0.2, 0) is 4.79 Å². The Balaban J connectivity index is 1.37. The number of hydrogen-bond donors (Lipinski definition) is 0. The largest absolute Gasteiger partial charge is 0.342 e. The maximum Gasteiger partial charge on any atom is 0.254 e. The van der Waals surface area contributed by atoms with Crippen molar-refractivity contribution in [1.82, 2.24) is 19.7 Å². The molecule has 1 aromatic heterocycles. The van der Waals surface area contributed by atoms with Crippen LogP contribution in [0.1, 0.15) is 41.7 Å². The minimum atomic E-state index is 0.0604. The summed E-state index contributed by atoms with van der Waals surface area (Å²) in [5, 5.41) is 0.905. The maximum atomic E-state index is 13.2. The van der Waals surface area contributed by atoms with Gasteiger partial charge in [-0.3, -0.25) is 19.5 Å². The van der Waals surface area contributed by atoms with E-state index in [9.17, 15) is 9.59 Å². The van der Waals surface area contributed by atoms with Gasteiger partial charge in [-0.1, -0.05) is 31.0 Å². The van der Waals surface area contributed by atoms with Crippen LogP contribution in [0, 0.1) is 6.92 Å². The summed E-state index contributed by atoms with van der Waals surface area (Å²) in [5.41, 5.74) is 2.44. The summed E-state index contributed by atoms with van der Waals surface area (Å²) in [6.07, 6.45) is 4.70. The van der Waals surface area contributed by atoms with Crippen molar-refractivity contribution in [3.05, 3.63) is 41.6 Å². The molecule has 3 heterocycles. The molecule has 2 fully saturated rings. The normalized spacial score (nSPS) is 18.7. The van der Waals surface area contributed by atoms with Crippen molar-refractivity contribution in [2.24, 2.45) is 0 Å². The third kappa shape index (κ3) is 4.58. The summed E-state index contributed by atoms with van der Waals surface area (Å²) in [5.74, 6) is 0.299. The summed E-state index contributed by atoms with van der Waals surface area (Å²) in [7, 11) is 0. The van der Waals surface area contributed by atoms with Crippen LogP contribution in [0.5, 0.6) is 0 Å². The molecule has 2 aliphatic heterocycles. The molecular weight excluding hydrogens is 364 g/mol. The molecule has 2 saturated heterocycles. The van der Waals surface area contributed by atoms with Crippen molar-refractivity contribution >= 4 is 22.7 Å². The van der Waals surface area contributed by atoms with Gasteiger partial charge < -0.3 is 9.80 Å². The highest BCUT2D eigenvalue weighted by Crippen LogP contribution is 2.20. The second-order valence-electron chi connectivity index (χ2n) is 8.19. The van der Waals surface area contributed by atoms with Crippen molar-refractivity contribution in [2.75, 3.05) is 45.8 Å². The third-order valence-electron chi connectivity index (χ3n) is 6.05. The number of pyridine rings is 1. The zero-order valence-corrected chi connectivity index (χ0v) is 17.3. The van der Waals surface area contributed by atoms with E-state index in [0.717, 1.165) is 61.2 Å². The van der Waals surface area contributed by atoms with E-state index in [1.165, 1.54) is 12.8 Å². The van der Waals surface area contributed by atoms with Gasteiger partial charge in [-0.05, 0) is 31.9 Å². The van der Waals surface area contributed by atoms with Crippen LogP contribution in [0.15, 0.2) is 30.3 Å². The van der Waals surface area contributed by atoms with Gasteiger partial charge in [0, 0.05) is 50.3 Å². The molecule has 4 rings (SSSR count). The van der Waals surface area contributed by atoms with Crippen molar-refractivity contribution < 1.29 is 9.59 Å². The smallest absolute Gasteiger partial charge is 0.254 e. The number of hydrogen-bond acceptors (Lipinski definition) is 4. The quantitative estimate of drug-likeness (QED) is 0.803. The van der Waals surface area contributed by atoms with E-state index in [-0.39, 0.29) is 11.8 Å². The van der Waals surface area contributed by atoms with Gasteiger partial charge in [0.15, 0.2) is 0 Å². The fraction of sp³-hybridized carbons (Fsp3) is 0.522. The van der Waals surface area contributed by atoms with Gasteiger partial charge in [0.25, 0.3) is 5.91 Å². The number of fused-ring (bicyclic) bond motifs is 1. The third-order valence-corrected chi connectivity index (χ3v) is 6.05. The molecule has 0 spiro atoms. The highest BCUT2D eigenvalue weighted by atomic mass is 16.2. The highest BCUT2D eigenvalue weighted by Gasteiger charge is 2.26. The van der Waals surface area contributed by atoms with Gasteiger partial charge in [0.2, 0.25) is 5.91 Å². The SMILES string of the molecule is Cc1cc(C(=O)N2CCN(CC(=O)N3CCCCCC3)CC2)c2ccccc2n1. The van der Waals surface area contributed by atoms with E-state index in [4.69, 9.17) is 0 Å². The second-order valence-corrected chi connectivity index (χ2v) is 8.19. The number of benzene rings is 1. The molecule has 2 aromatic rings. The van der Waals surface area contributed by atoms with Crippen LogP contribution in [0.3, 0.4) is 0 Å². The Labute approximate surface area is 172 Å². The van der Waals surface area contributed by atoms with E-state index >= 15 is 0 Å². The van der Waals surface area contributed by atoms with Gasteiger partial charge in [-0.15, -0.1) is 0 Å². The zero-order valence-electron chi connectivity index (χ0n) is 17.3. The first-order valence-electron chi connectivity index (χ1n) is 10.8. The van der Waals surface area contributed by atoms with Crippen molar-refractivity contribution in [1.29, 1.82) is 0 Å². The number of carbonyl (C=O) groups excluding carboxylic acids is 2. The Hall–Kier alpha value is -2.47. The minimum absolute atomic E-state index is 0.0604. The van der Waals surface area contributed by atoms with E-state index in [1.807, 2.05) is 47.1 Å². The fourth-order valence-electron chi connectivity index (χ4n) is 4.38. The molecule has 2 aliphatic rings. The number of likely N-dealkylation sites (tertiary alicyclic amines) is 1. The van der Waals surface area contributed by atoms with Gasteiger partial charge in [-0.25, -0.2) is 0 Å². The lowest BCUT2D eigenvalue weighted by Gasteiger charge is -2.35. The molecule has 0 bridgehead atoms. The fourth-order valence-corrected chi connectivity index (χ4v) is 4.38. The Morgan fingerprint density at radius 2 is 1.59 bits per heavy atom. The number of para-hydroxylation sites is 1. The Morgan fingerprint density at radius 3 is 2.31 bits per heavy atom. The first-order valence-corrected chi connectivity index (χ1v) is 10.8. The molecule has 0 aliphatic carbocycles. The van der Waals surface area contributed by atoms with Gasteiger partial charge >= 0.3 is 0 Å². The van der Waals surface area contributed by atoms with Crippen molar-refractivity contribution in [3.63, 3.8) is 0 Å². The minimum Gasteiger partial charge on any atom is -0.342 e. The summed E-state index contributed by atoms with van der Waals surface area (Å²) >= 11 is 0. The summed E-state index contributed by atoms with van der Waals surface area (Å²) in [6.45, 7) is 6.98.